The lowest BCUT2D eigenvalue weighted by Crippen LogP contribution is -2.38. The lowest BCUT2D eigenvalue weighted by atomic mass is 10.1. The summed E-state index contributed by atoms with van der Waals surface area (Å²) < 4.78 is 0. The van der Waals surface area contributed by atoms with E-state index in [0.29, 0.717) is 6.54 Å². The zero-order valence-electron chi connectivity index (χ0n) is 11.8. The maximum Gasteiger partial charge on any atom is 0.294 e. The zero-order valence-corrected chi connectivity index (χ0v) is 12.6. The minimum atomic E-state index is -0.621. The molecule has 0 saturated carbocycles. The molecule has 0 aromatic heterocycles. The van der Waals surface area contributed by atoms with Gasteiger partial charge in [-0.3, -0.25) is 14.9 Å². The van der Waals surface area contributed by atoms with Gasteiger partial charge in [-0.05, 0) is 25.8 Å². The van der Waals surface area contributed by atoms with E-state index < -0.39 is 4.92 Å². The highest BCUT2D eigenvalue weighted by Crippen LogP contribution is 2.32. The fourth-order valence-electron chi connectivity index (χ4n) is 2.62. The van der Waals surface area contributed by atoms with Crippen molar-refractivity contribution in [3.8, 4) is 0 Å². The van der Waals surface area contributed by atoms with Crippen LogP contribution in [0.25, 0.3) is 0 Å². The summed E-state index contributed by atoms with van der Waals surface area (Å²) in [5.74, 6) is -0.227. The lowest BCUT2D eigenvalue weighted by molar-refractivity contribution is -0.383. The summed E-state index contributed by atoms with van der Waals surface area (Å²) in [5.41, 5.74) is 5.37. The molecular formula is C14H18ClN3O3. The Bertz CT molecular complexity index is 577. The molecule has 1 aliphatic rings. The van der Waals surface area contributed by atoms with E-state index in [1.165, 1.54) is 12.1 Å². The second kappa shape index (κ2) is 6.30. The molecule has 1 amide bonds. The molecule has 1 saturated heterocycles. The number of likely N-dealkylation sites (tertiary alicyclic amines) is 1. The highest BCUT2D eigenvalue weighted by atomic mass is 35.5. The van der Waals surface area contributed by atoms with Gasteiger partial charge in [0.2, 0.25) is 0 Å². The van der Waals surface area contributed by atoms with Gasteiger partial charge in [0, 0.05) is 24.2 Å². The van der Waals surface area contributed by atoms with Crippen molar-refractivity contribution < 1.29 is 9.72 Å². The molecule has 7 heteroatoms. The van der Waals surface area contributed by atoms with Crippen LogP contribution in [-0.4, -0.2) is 28.3 Å². The molecule has 114 valence electrons. The molecular weight excluding hydrogens is 294 g/mol. The first-order valence-electron chi connectivity index (χ1n) is 6.96. The first-order chi connectivity index (χ1) is 9.91. The maximum atomic E-state index is 12.6. The van der Waals surface area contributed by atoms with Crippen LogP contribution in [-0.2, 0) is 0 Å². The standard InChI is InChI=1S/C14H18ClN3O3/c1-9-5-3-2-4-6-17(9)14(19)10-7-11(15)13(16)12(8-10)18(20)21/h7-9H,2-6,16H2,1H3. The van der Waals surface area contributed by atoms with Crippen LogP contribution >= 0.6 is 11.6 Å². The topological polar surface area (TPSA) is 89.5 Å². The molecule has 1 fully saturated rings. The quantitative estimate of drug-likeness (QED) is 0.516. The summed E-state index contributed by atoms with van der Waals surface area (Å²) in [6.45, 7) is 2.66. The Morgan fingerprint density at radius 3 is 2.81 bits per heavy atom. The molecule has 2 rings (SSSR count). The minimum absolute atomic E-state index is 0.0371. The summed E-state index contributed by atoms with van der Waals surface area (Å²) in [4.78, 5) is 24.7. The van der Waals surface area contributed by atoms with Gasteiger partial charge in [0.25, 0.3) is 11.6 Å². The van der Waals surface area contributed by atoms with E-state index in [-0.39, 0.29) is 33.9 Å². The Kier molecular flexibility index (Phi) is 4.67. The number of anilines is 1. The third kappa shape index (κ3) is 3.26. The zero-order chi connectivity index (χ0) is 15.6. The average molecular weight is 312 g/mol. The van der Waals surface area contributed by atoms with Crippen molar-refractivity contribution in [3.63, 3.8) is 0 Å². The molecule has 1 aromatic carbocycles. The van der Waals surface area contributed by atoms with Gasteiger partial charge in [0.05, 0.1) is 9.95 Å². The number of amides is 1. The Morgan fingerprint density at radius 2 is 2.14 bits per heavy atom. The van der Waals surface area contributed by atoms with E-state index in [4.69, 9.17) is 17.3 Å². The van der Waals surface area contributed by atoms with Crippen molar-refractivity contribution in [2.75, 3.05) is 12.3 Å². The van der Waals surface area contributed by atoms with Gasteiger partial charge in [-0.1, -0.05) is 24.4 Å². The van der Waals surface area contributed by atoms with E-state index in [0.717, 1.165) is 25.7 Å². The third-order valence-corrected chi connectivity index (χ3v) is 4.18. The monoisotopic (exact) mass is 311 g/mol. The summed E-state index contributed by atoms with van der Waals surface area (Å²) in [5, 5.41) is 11.0. The van der Waals surface area contributed by atoms with Crippen LogP contribution in [0.5, 0.6) is 0 Å². The molecule has 1 unspecified atom stereocenters. The molecule has 0 spiro atoms. The van der Waals surface area contributed by atoms with Crippen LogP contribution in [0.1, 0.15) is 43.0 Å². The number of hydrogen-bond donors (Lipinski definition) is 1. The van der Waals surface area contributed by atoms with Crippen molar-refractivity contribution in [1.82, 2.24) is 4.90 Å². The highest BCUT2D eigenvalue weighted by Gasteiger charge is 2.26. The number of nitrogens with zero attached hydrogens (tertiary/aromatic N) is 2. The fourth-order valence-corrected chi connectivity index (χ4v) is 2.83. The maximum absolute atomic E-state index is 12.6. The highest BCUT2D eigenvalue weighted by molar-refractivity contribution is 6.34. The van der Waals surface area contributed by atoms with Gasteiger partial charge in [-0.25, -0.2) is 0 Å². The number of rotatable bonds is 2. The second-order valence-electron chi connectivity index (χ2n) is 5.34. The number of nitro benzene ring substituents is 1. The summed E-state index contributed by atoms with van der Waals surface area (Å²) in [6, 6.07) is 2.74. The van der Waals surface area contributed by atoms with Crippen molar-refractivity contribution in [1.29, 1.82) is 0 Å². The number of carbonyl (C=O) groups is 1. The van der Waals surface area contributed by atoms with E-state index in [1.807, 2.05) is 6.92 Å². The number of nitrogen functional groups attached to an aromatic ring is 1. The number of carbonyl (C=O) groups excluding carboxylic acids is 1. The SMILES string of the molecule is CC1CCCCCN1C(=O)c1cc(Cl)c(N)c([N+](=O)[O-])c1. The fraction of sp³-hybridized carbons (Fsp3) is 0.500. The van der Waals surface area contributed by atoms with Crippen LogP contribution in [0, 0.1) is 10.1 Å². The van der Waals surface area contributed by atoms with Crippen LogP contribution in [0.4, 0.5) is 11.4 Å². The number of nitro groups is 1. The van der Waals surface area contributed by atoms with Crippen LogP contribution < -0.4 is 5.73 Å². The summed E-state index contributed by atoms with van der Waals surface area (Å²) in [6.07, 6.45) is 4.07. The third-order valence-electron chi connectivity index (χ3n) is 3.87. The number of halogens is 1. The van der Waals surface area contributed by atoms with Gasteiger partial charge >= 0.3 is 0 Å². The van der Waals surface area contributed by atoms with Crippen molar-refractivity contribution in [2.24, 2.45) is 0 Å². The Labute approximate surface area is 128 Å². The van der Waals surface area contributed by atoms with Crippen LogP contribution in [0.3, 0.4) is 0 Å². The molecule has 21 heavy (non-hydrogen) atoms. The average Bonchev–Trinajstić information content (AvgIpc) is 2.65. The molecule has 1 heterocycles. The van der Waals surface area contributed by atoms with E-state index in [9.17, 15) is 14.9 Å². The first kappa shape index (κ1) is 15.6. The second-order valence-corrected chi connectivity index (χ2v) is 5.75. The molecule has 0 radical (unpaired) electrons. The van der Waals surface area contributed by atoms with Crippen molar-refractivity contribution >= 4 is 28.9 Å². The van der Waals surface area contributed by atoms with E-state index >= 15 is 0 Å². The summed E-state index contributed by atoms with van der Waals surface area (Å²) in [7, 11) is 0. The van der Waals surface area contributed by atoms with Crippen molar-refractivity contribution in [2.45, 2.75) is 38.6 Å². The molecule has 6 nitrogen and oxygen atoms in total. The Hall–Kier alpha value is -1.82. The predicted molar refractivity (Wildman–Crippen MR) is 81.5 cm³/mol. The predicted octanol–water partition coefficient (Wildman–Crippen LogP) is 3.24. The molecule has 0 bridgehead atoms. The molecule has 1 atom stereocenters. The van der Waals surface area contributed by atoms with Crippen LogP contribution in [0.2, 0.25) is 5.02 Å². The first-order valence-corrected chi connectivity index (χ1v) is 7.34. The molecule has 0 aliphatic carbocycles. The molecule has 1 aliphatic heterocycles. The summed E-state index contributed by atoms with van der Waals surface area (Å²) >= 11 is 5.91. The number of benzene rings is 1. The Morgan fingerprint density at radius 1 is 1.43 bits per heavy atom. The smallest absolute Gasteiger partial charge is 0.294 e. The van der Waals surface area contributed by atoms with Crippen molar-refractivity contribution in [3.05, 3.63) is 32.8 Å². The number of nitrogens with two attached hydrogens (primary N) is 1. The Balaban J connectivity index is 2.36. The van der Waals surface area contributed by atoms with Gasteiger partial charge in [0.1, 0.15) is 5.69 Å². The lowest BCUT2D eigenvalue weighted by Gasteiger charge is -2.27. The molecule has 2 N–H and O–H groups in total. The normalized spacial score (nSPS) is 19.1. The van der Waals surface area contributed by atoms with Gasteiger partial charge in [0.15, 0.2) is 0 Å². The van der Waals surface area contributed by atoms with Gasteiger partial charge in [-0.15, -0.1) is 0 Å². The largest absolute Gasteiger partial charge is 0.392 e. The van der Waals surface area contributed by atoms with Gasteiger partial charge < -0.3 is 10.6 Å². The van der Waals surface area contributed by atoms with E-state index in [2.05, 4.69) is 0 Å². The number of hydrogen-bond acceptors (Lipinski definition) is 4. The minimum Gasteiger partial charge on any atom is -0.392 e. The van der Waals surface area contributed by atoms with E-state index in [1.54, 1.807) is 4.90 Å². The molecule has 1 aromatic rings. The van der Waals surface area contributed by atoms with Crippen LogP contribution in [0.15, 0.2) is 12.1 Å². The van der Waals surface area contributed by atoms with Gasteiger partial charge in [-0.2, -0.15) is 0 Å².